The molecule has 0 bridgehead atoms. The highest BCUT2D eigenvalue weighted by Crippen LogP contribution is 2.23. The lowest BCUT2D eigenvalue weighted by Gasteiger charge is -2.27. The highest BCUT2D eigenvalue weighted by atomic mass is 16.5. The Balaban J connectivity index is 1.91. The number of carbonyl (C=O) groups is 1. The summed E-state index contributed by atoms with van der Waals surface area (Å²) in [6.07, 6.45) is 4.11. The Hall–Kier alpha value is -1.39. The van der Waals surface area contributed by atoms with E-state index in [1.807, 2.05) is 31.2 Å². The lowest BCUT2D eigenvalue weighted by atomic mass is 9.84. The van der Waals surface area contributed by atoms with Crippen molar-refractivity contribution in [3.8, 4) is 0 Å². The number of nitrogens with two attached hydrogens (primary N) is 1. The van der Waals surface area contributed by atoms with Crippen LogP contribution in [0.15, 0.2) is 24.3 Å². The van der Waals surface area contributed by atoms with Gasteiger partial charge in [-0.15, -0.1) is 0 Å². The van der Waals surface area contributed by atoms with Crippen molar-refractivity contribution in [2.45, 2.75) is 51.8 Å². The third-order valence-electron chi connectivity index (χ3n) is 4.19. The van der Waals surface area contributed by atoms with E-state index in [0.717, 1.165) is 36.8 Å². The highest BCUT2D eigenvalue weighted by Gasteiger charge is 2.27. The highest BCUT2D eigenvalue weighted by molar-refractivity contribution is 5.79. The van der Waals surface area contributed by atoms with Crippen LogP contribution in [0.3, 0.4) is 0 Å². The molecular weight excluding hydrogens is 264 g/mol. The SMILES string of the molecule is CCOCc1ccccc1CNC(=O)C1CCCCC1N. The van der Waals surface area contributed by atoms with Crippen LogP contribution in [-0.2, 0) is 22.7 Å². The van der Waals surface area contributed by atoms with Crippen molar-refractivity contribution >= 4 is 5.91 Å². The van der Waals surface area contributed by atoms with Gasteiger partial charge in [0.05, 0.1) is 12.5 Å². The fourth-order valence-electron chi connectivity index (χ4n) is 2.88. The molecule has 4 heteroatoms. The van der Waals surface area contributed by atoms with E-state index in [9.17, 15) is 4.79 Å². The van der Waals surface area contributed by atoms with E-state index >= 15 is 0 Å². The van der Waals surface area contributed by atoms with Crippen LogP contribution >= 0.6 is 0 Å². The lowest BCUT2D eigenvalue weighted by molar-refractivity contribution is -0.126. The first-order valence-corrected chi connectivity index (χ1v) is 7.90. The molecule has 2 rings (SSSR count). The molecule has 4 nitrogen and oxygen atoms in total. The normalized spacial score (nSPS) is 22.0. The van der Waals surface area contributed by atoms with Crippen LogP contribution < -0.4 is 11.1 Å². The summed E-state index contributed by atoms with van der Waals surface area (Å²) in [4.78, 5) is 12.3. The second-order valence-corrected chi connectivity index (χ2v) is 5.68. The van der Waals surface area contributed by atoms with Gasteiger partial charge in [-0.25, -0.2) is 0 Å². The van der Waals surface area contributed by atoms with E-state index in [-0.39, 0.29) is 17.9 Å². The lowest BCUT2D eigenvalue weighted by Crippen LogP contribution is -2.43. The monoisotopic (exact) mass is 290 g/mol. The van der Waals surface area contributed by atoms with Gasteiger partial charge in [0, 0.05) is 19.2 Å². The van der Waals surface area contributed by atoms with Crippen molar-refractivity contribution in [1.82, 2.24) is 5.32 Å². The molecular formula is C17H26N2O2. The first-order valence-electron chi connectivity index (χ1n) is 7.90. The first kappa shape index (κ1) is 16.0. The van der Waals surface area contributed by atoms with Gasteiger partial charge >= 0.3 is 0 Å². The molecule has 1 aliphatic carbocycles. The molecule has 0 aromatic heterocycles. The van der Waals surface area contributed by atoms with Crippen molar-refractivity contribution in [3.63, 3.8) is 0 Å². The Morgan fingerprint density at radius 1 is 1.29 bits per heavy atom. The number of hydrogen-bond donors (Lipinski definition) is 2. The fraction of sp³-hybridized carbons (Fsp3) is 0.588. The summed E-state index contributed by atoms with van der Waals surface area (Å²) in [6.45, 7) is 3.81. The molecule has 1 aromatic rings. The zero-order valence-corrected chi connectivity index (χ0v) is 12.8. The number of amides is 1. The first-order chi connectivity index (χ1) is 10.2. The van der Waals surface area contributed by atoms with Gasteiger partial charge in [-0.05, 0) is 30.9 Å². The maximum Gasteiger partial charge on any atom is 0.224 e. The third kappa shape index (κ3) is 4.55. The van der Waals surface area contributed by atoms with E-state index in [4.69, 9.17) is 10.5 Å². The smallest absolute Gasteiger partial charge is 0.224 e. The van der Waals surface area contributed by atoms with Crippen LogP contribution in [0.1, 0.15) is 43.7 Å². The average molecular weight is 290 g/mol. The van der Waals surface area contributed by atoms with Crippen molar-refractivity contribution in [1.29, 1.82) is 0 Å². The maximum absolute atomic E-state index is 12.3. The molecule has 0 radical (unpaired) electrons. The van der Waals surface area contributed by atoms with E-state index in [2.05, 4.69) is 5.32 Å². The van der Waals surface area contributed by atoms with Crippen LogP contribution in [0.2, 0.25) is 0 Å². The summed E-state index contributed by atoms with van der Waals surface area (Å²) in [5, 5.41) is 3.04. The van der Waals surface area contributed by atoms with Crippen molar-refractivity contribution < 1.29 is 9.53 Å². The van der Waals surface area contributed by atoms with Crippen LogP contribution in [-0.4, -0.2) is 18.6 Å². The van der Waals surface area contributed by atoms with E-state index < -0.39 is 0 Å². The number of nitrogens with one attached hydrogen (secondary N) is 1. The number of ether oxygens (including phenoxy) is 1. The van der Waals surface area contributed by atoms with E-state index in [1.165, 1.54) is 0 Å². The van der Waals surface area contributed by atoms with Gasteiger partial charge in [-0.1, -0.05) is 37.1 Å². The Kier molecular flexibility index (Phi) is 6.21. The summed E-state index contributed by atoms with van der Waals surface area (Å²) >= 11 is 0. The van der Waals surface area contributed by atoms with Crippen LogP contribution in [0.4, 0.5) is 0 Å². The van der Waals surface area contributed by atoms with E-state index in [1.54, 1.807) is 0 Å². The number of carbonyl (C=O) groups excluding carboxylic acids is 1. The fourth-order valence-corrected chi connectivity index (χ4v) is 2.88. The van der Waals surface area contributed by atoms with Gasteiger partial charge in [0.15, 0.2) is 0 Å². The van der Waals surface area contributed by atoms with Gasteiger partial charge in [0.1, 0.15) is 0 Å². The molecule has 2 unspecified atom stereocenters. The van der Waals surface area contributed by atoms with Crippen LogP contribution in [0.25, 0.3) is 0 Å². The van der Waals surface area contributed by atoms with Crippen molar-refractivity contribution in [3.05, 3.63) is 35.4 Å². The maximum atomic E-state index is 12.3. The minimum Gasteiger partial charge on any atom is -0.377 e. The van der Waals surface area contributed by atoms with Gasteiger partial charge in [-0.3, -0.25) is 4.79 Å². The Morgan fingerprint density at radius 3 is 2.71 bits per heavy atom. The summed E-state index contributed by atoms with van der Waals surface area (Å²) in [5.74, 6) is 0.0613. The van der Waals surface area contributed by atoms with E-state index in [0.29, 0.717) is 19.8 Å². The molecule has 0 spiro atoms. The van der Waals surface area contributed by atoms with Gasteiger partial charge in [-0.2, -0.15) is 0 Å². The second-order valence-electron chi connectivity index (χ2n) is 5.68. The molecule has 2 atom stereocenters. The average Bonchev–Trinajstić information content (AvgIpc) is 2.52. The standard InChI is InChI=1S/C17H26N2O2/c1-2-21-12-14-8-4-3-7-13(14)11-19-17(20)15-9-5-6-10-16(15)18/h3-4,7-8,15-16H,2,5-6,9-12,18H2,1H3,(H,19,20). The molecule has 1 saturated carbocycles. The predicted molar refractivity (Wildman–Crippen MR) is 83.6 cm³/mol. The minimum atomic E-state index is -0.0298. The summed E-state index contributed by atoms with van der Waals surface area (Å²) < 4.78 is 5.47. The Labute approximate surface area is 127 Å². The van der Waals surface area contributed by atoms with Crippen LogP contribution in [0.5, 0.6) is 0 Å². The topological polar surface area (TPSA) is 64.3 Å². The minimum absolute atomic E-state index is 0.0115. The molecule has 21 heavy (non-hydrogen) atoms. The molecule has 1 aromatic carbocycles. The molecule has 116 valence electrons. The van der Waals surface area contributed by atoms with Gasteiger partial charge in [0.25, 0.3) is 0 Å². The summed E-state index contributed by atoms with van der Waals surface area (Å²) in [6, 6.07) is 8.08. The number of benzene rings is 1. The van der Waals surface area contributed by atoms with Crippen molar-refractivity contribution in [2.75, 3.05) is 6.61 Å². The quantitative estimate of drug-likeness (QED) is 0.845. The van der Waals surface area contributed by atoms with Gasteiger partial charge in [0.2, 0.25) is 5.91 Å². The van der Waals surface area contributed by atoms with Gasteiger partial charge < -0.3 is 15.8 Å². The molecule has 1 amide bonds. The molecule has 3 N–H and O–H groups in total. The Morgan fingerprint density at radius 2 is 2.00 bits per heavy atom. The van der Waals surface area contributed by atoms with Crippen molar-refractivity contribution in [2.24, 2.45) is 11.7 Å². The molecule has 0 aliphatic heterocycles. The zero-order valence-electron chi connectivity index (χ0n) is 12.8. The Bertz CT molecular complexity index is 462. The molecule has 0 heterocycles. The number of hydrogen-bond acceptors (Lipinski definition) is 3. The predicted octanol–water partition coefficient (Wildman–Crippen LogP) is 2.36. The molecule has 1 fully saturated rings. The zero-order chi connectivity index (χ0) is 15.1. The third-order valence-corrected chi connectivity index (χ3v) is 4.19. The summed E-state index contributed by atoms with van der Waals surface area (Å²) in [7, 11) is 0. The molecule has 0 saturated heterocycles. The summed E-state index contributed by atoms with van der Waals surface area (Å²) in [5.41, 5.74) is 8.31. The van der Waals surface area contributed by atoms with Crippen LogP contribution in [0, 0.1) is 5.92 Å². The second kappa shape index (κ2) is 8.15. The number of rotatable bonds is 6. The molecule has 1 aliphatic rings. The largest absolute Gasteiger partial charge is 0.377 e.